The van der Waals surface area contributed by atoms with E-state index in [9.17, 15) is 4.79 Å². The van der Waals surface area contributed by atoms with Crippen molar-refractivity contribution in [1.82, 2.24) is 15.2 Å². The minimum Gasteiger partial charge on any atom is -0.356 e. The van der Waals surface area contributed by atoms with Gasteiger partial charge in [-0.1, -0.05) is 0 Å². The van der Waals surface area contributed by atoms with Crippen molar-refractivity contribution in [2.75, 3.05) is 6.54 Å². The Balaban J connectivity index is 2.47. The van der Waals surface area contributed by atoms with E-state index in [1.54, 1.807) is 0 Å². The van der Waals surface area contributed by atoms with Crippen LogP contribution < -0.4 is 10.6 Å². The molecule has 102 valence electrons. The van der Waals surface area contributed by atoms with Gasteiger partial charge >= 0.3 is 0 Å². The van der Waals surface area contributed by atoms with Crippen molar-refractivity contribution in [2.24, 2.45) is 0 Å². The second-order valence-corrected chi connectivity index (χ2v) is 5.50. The van der Waals surface area contributed by atoms with Crippen LogP contribution >= 0.6 is 0 Å². The largest absolute Gasteiger partial charge is 0.356 e. The first-order valence-electron chi connectivity index (χ1n) is 6.58. The number of amides is 1. The summed E-state index contributed by atoms with van der Waals surface area (Å²) in [5.41, 5.74) is 1.32. The lowest BCUT2D eigenvalue weighted by Crippen LogP contribution is -2.35. The SMILES string of the molecule is CCNC(=O)CCn1cccc1CNC(C)(C)C. The Morgan fingerprint density at radius 2 is 2.11 bits per heavy atom. The van der Waals surface area contributed by atoms with Gasteiger partial charge in [-0.15, -0.1) is 0 Å². The van der Waals surface area contributed by atoms with Gasteiger partial charge in [-0.3, -0.25) is 4.79 Å². The molecule has 1 aromatic rings. The fourth-order valence-corrected chi connectivity index (χ4v) is 1.69. The van der Waals surface area contributed by atoms with Crippen LogP contribution in [0.5, 0.6) is 0 Å². The van der Waals surface area contributed by atoms with E-state index in [2.05, 4.69) is 42.0 Å². The maximum Gasteiger partial charge on any atom is 0.221 e. The molecule has 0 aliphatic carbocycles. The summed E-state index contributed by atoms with van der Waals surface area (Å²) in [6.07, 6.45) is 2.56. The van der Waals surface area contributed by atoms with Crippen LogP contribution in [0.25, 0.3) is 0 Å². The molecule has 0 saturated heterocycles. The first kappa shape index (κ1) is 14.8. The van der Waals surface area contributed by atoms with Crippen LogP contribution in [0, 0.1) is 0 Å². The molecule has 0 aliphatic rings. The number of nitrogens with one attached hydrogen (secondary N) is 2. The second kappa shape index (κ2) is 6.59. The number of hydrogen-bond donors (Lipinski definition) is 2. The molecule has 1 aromatic heterocycles. The van der Waals surface area contributed by atoms with Crippen LogP contribution in [0.3, 0.4) is 0 Å². The normalized spacial score (nSPS) is 11.6. The van der Waals surface area contributed by atoms with Crippen molar-refractivity contribution >= 4 is 5.91 Å². The average Bonchev–Trinajstić information content (AvgIpc) is 2.70. The Hall–Kier alpha value is -1.29. The molecule has 0 bridgehead atoms. The van der Waals surface area contributed by atoms with E-state index in [0.29, 0.717) is 13.0 Å². The van der Waals surface area contributed by atoms with Gasteiger partial charge in [-0.25, -0.2) is 0 Å². The van der Waals surface area contributed by atoms with E-state index in [1.165, 1.54) is 5.69 Å². The number of rotatable bonds is 6. The topological polar surface area (TPSA) is 46.1 Å². The predicted octanol–water partition coefficient (Wildman–Crippen LogP) is 1.90. The molecule has 0 radical (unpaired) electrons. The second-order valence-electron chi connectivity index (χ2n) is 5.50. The lowest BCUT2D eigenvalue weighted by Gasteiger charge is -2.21. The molecule has 0 unspecified atom stereocenters. The molecule has 2 N–H and O–H groups in total. The van der Waals surface area contributed by atoms with Crippen LogP contribution in [-0.4, -0.2) is 22.6 Å². The van der Waals surface area contributed by atoms with Gasteiger partial charge in [0.1, 0.15) is 0 Å². The van der Waals surface area contributed by atoms with Crippen molar-refractivity contribution in [3.63, 3.8) is 0 Å². The first-order valence-corrected chi connectivity index (χ1v) is 6.58. The summed E-state index contributed by atoms with van der Waals surface area (Å²) in [5, 5.41) is 6.27. The average molecular weight is 251 g/mol. The summed E-state index contributed by atoms with van der Waals surface area (Å²) in [6, 6.07) is 4.12. The highest BCUT2D eigenvalue weighted by molar-refractivity contribution is 5.75. The zero-order valence-corrected chi connectivity index (χ0v) is 11.9. The summed E-state index contributed by atoms with van der Waals surface area (Å²) in [7, 11) is 0. The number of aromatic nitrogens is 1. The molecule has 0 atom stereocenters. The third-order valence-corrected chi connectivity index (χ3v) is 2.68. The van der Waals surface area contributed by atoms with Gasteiger partial charge in [0.2, 0.25) is 5.91 Å². The predicted molar refractivity (Wildman–Crippen MR) is 74.3 cm³/mol. The van der Waals surface area contributed by atoms with E-state index < -0.39 is 0 Å². The van der Waals surface area contributed by atoms with Gasteiger partial charge < -0.3 is 15.2 Å². The third-order valence-electron chi connectivity index (χ3n) is 2.68. The van der Waals surface area contributed by atoms with Gasteiger partial charge in [-0.05, 0) is 39.8 Å². The molecule has 0 aliphatic heterocycles. The fraction of sp³-hybridized carbons (Fsp3) is 0.643. The molecule has 0 saturated carbocycles. The third kappa shape index (κ3) is 5.36. The van der Waals surface area contributed by atoms with Crippen LogP contribution in [0.15, 0.2) is 18.3 Å². The number of hydrogen-bond acceptors (Lipinski definition) is 2. The van der Waals surface area contributed by atoms with Crippen molar-refractivity contribution < 1.29 is 4.79 Å². The van der Waals surface area contributed by atoms with Gasteiger partial charge in [0.15, 0.2) is 0 Å². The highest BCUT2D eigenvalue weighted by Gasteiger charge is 2.10. The smallest absolute Gasteiger partial charge is 0.221 e. The van der Waals surface area contributed by atoms with Crippen molar-refractivity contribution in [1.29, 1.82) is 0 Å². The highest BCUT2D eigenvalue weighted by atomic mass is 16.1. The number of aryl methyl sites for hydroxylation is 1. The van der Waals surface area contributed by atoms with Crippen LogP contribution in [0.2, 0.25) is 0 Å². The molecular formula is C14H25N3O. The molecule has 0 fully saturated rings. The lowest BCUT2D eigenvalue weighted by molar-refractivity contribution is -0.121. The van der Waals surface area contributed by atoms with Crippen molar-refractivity contribution in [3.05, 3.63) is 24.0 Å². The molecule has 1 rings (SSSR count). The van der Waals surface area contributed by atoms with E-state index in [-0.39, 0.29) is 11.4 Å². The zero-order valence-electron chi connectivity index (χ0n) is 11.9. The monoisotopic (exact) mass is 251 g/mol. The summed E-state index contributed by atoms with van der Waals surface area (Å²) in [6.45, 7) is 10.6. The van der Waals surface area contributed by atoms with E-state index in [4.69, 9.17) is 0 Å². The van der Waals surface area contributed by atoms with Gasteiger partial charge in [0.05, 0.1) is 0 Å². The Bertz CT molecular complexity index is 377. The summed E-state index contributed by atoms with van der Waals surface area (Å²) in [5.74, 6) is 0.112. The van der Waals surface area contributed by atoms with Gasteiger partial charge in [-0.2, -0.15) is 0 Å². The van der Waals surface area contributed by atoms with E-state index in [1.807, 2.05) is 19.2 Å². The maximum absolute atomic E-state index is 11.4. The molecule has 0 aromatic carbocycles. The molecular weight excluding hydrogens is 226 g/mol. The molecule has 0 spiro atoms. The Labute approximate surface area is 110 Å². The number of carbonyl (C=O) groups is 1. The van der Waals surface area contributed by atoms with Crippen LogP contribution in [0.4, 0.5) is 0 Å². The summed E-state index contributed by atoms with van der Waals surface area (Å²) >= 11 is 0. The van der Waals surface area contributed by atoms with Crippen LogP contribution in [0.1, 0.15) is 39.8 Å². The van der Waals surface area contributed by atoms with Crippen molar-refractivity contribution in [2.45, 2.75) is 52.7 Å². The molecule has 1 heterocycles. The van der Waals surface area contributed by atoms with E-state index >= 15 is 0 Å². The quantitative estimate of drug-likeness (QED) is 0.811. The Morgan fingerprint density at radius 1 is 1.39 bits per heavy atom. The molecule has 18 heavy (non-hydrogen) atoms. The van der Waals surface area contributed by atoms with Gasteiger partial charge in [0, 0.05) is 43.5 Å². The lowest BCUT2D eigenvalue weighted by atomic mass is 10.1. The minimum absolute atomic E-state index is 0.106. The Morgan fingerprint density at radius 3 is 2.72 bits per heavy atom. The van der Waals surface area contributed by atoms with Crippen LogP contribution in [-0.2, 0) is 17.9 Å². The fourth-order valence-electron chi connectivity index (χ4n) is 1.69. The summed E-state index contributed by atoms with van der Waals surface area (Å²) in [4.78, 5) is 11.4. The Kier molecular flexibility index (Phi) is 5.41. The zero-order chi connectivity index (χ0) is 13.6. The molecule has 4 heteroatoms. The molecule has 4 nitrogen and oxygen atoms in total. The number of nitrogens with zero attached hydrogens (tertiary/aromatic N) is 1. The van der Waals surface area contributed by atoms with Crippen molar-refractivity contribution in [3.8, 4) is 0 Å². The highest BCUT2D eigenvalue weighted by Crippen LogP contribution is 2.06. The minimum atomic E-state index is 0.106. The number of carbonyl (C=O) groups excluding carboxylic acids is 1. The van der Waals surface area contributed by atoms with E-state index in [0.717, 1.165) is 13.1 Å². The maximum atomic E-state index is 11.4. The molecule has 1 amide bonds. The first-order chi connectivity index (χ1) is 8.42. The van der Waals surface area contributed by atoms with Gasteiger partial charge in [0.25, 0.3) is 0 Å². The summed E-state index contributed by atoms with van der Waals surface area (Å²) < 4.78 is 2.13. The standard InChI is InChI=1S/C14H25N3O/c1-5-15-13(18)8-10-17-9-6-7-12(17)11-16-14(2,3)4/h6-7,9,16H,5,8,10-11H2,1-4H3,(H,15,18).